The monoisotopic (exact) mass is 437 g/mol. The third-order valence-electron chi connectivity index (χ3n) is 5.30. The molecule has 2 heterocycles. The van der Waals surface area contributed by atoms with Gasteiger partial charge >= 0.3 is 6.18 Å². The van der Waals surface area contributed by atoms with Crippen molar-refractivity contribution in [1.29, 1.82) is 0 Å². The number of nitrogens with one attached hydrogen (secondary N) is 1. The molecule has 0 aliphatic carbocycles. The van der Waals surface area contributed by atoms with E-state index in [4.69, 9.17) is 0 Å². The van der Waals surface area contributed by atoms with Gasteiger partial charge in [0.15, 0.2) is 0 Å². The van der Waals surface area contributed by atoms with Crippen LogP contribution in [0.2, 0.25) is 0 Å². The molecule has 3 rings (SSSR count). The minimum Gasteiger partial charge on any atom is -0.352 e. The van der Waals surface area contributed by atoms with Gasteiger partial charge in [0, 0.05) is 38.2 Å². The number of aromatic nitrogens is 1. The quantitative estimate of drug-likeness (QED) is 0.690. The van der Waals surface area contributed by atoms with Crippen molar-refractivity contribution in [2.45, 2.75) is 51.4 Å². The molecule has 166 valence electrons. The molecule has 5 nitrogen and oxygen atoms in total. The Morgan fingerprint density at radius 2 is 1.94 bits per heavy atom. The van der Waals surface area contributed by atoms with Gasteiger partial charge in [0.25, 0.3) is 0 Å². The highest BCUT2D eigenvalue weighted by Gasteiger charge is 2.37. The molecule has 2 amide bonds. The molecule has 1 N–H and O–H groups in total. The number of amides is 2. The second-order valence-electron chi connectivity index (χ2n) is 7.55. The number of likely N-dealkylation sites (tertiary alicyclic amines) is 1. The van der Waals surface area contributed by atoms with Gasteiger partial charge in [-0.3, -0.25) is 14.6 Å². The van der Waals surface area contributed by atoms with Crippen molar-refractivity contribution >= 4 is 11.8 Å². The number of halogens is 4. The van der Waals surface area contributed by atoms with Gasteiger partial charge in [0.05, 0.1) is 17.3 Å². The molecule has 1 atom stereocenters. The van der Waals surface area contributed by atoms with E-state index >= 15 is 0 Å². The van der Waals surface area contributed by atoms with E-state index in [0.717, 1.165) is 17.8 Å². The Morgan fingerprint density at radius 1 is 1.23 bits per heavy atom. The standard InChI is InChI=1S/C22H23F4N3O2/c1-14(30)27-12-16-13-28-19(11-18(16)22(24,25)26)20-3-2-10-29(20)21(31)9-6-15-4-7-17(23)8-5-15/h4-5,7-8,11,13,20H,2-3,6,9-10,12H2,1H3,(H,27,30)/t20-/m0/s1. The highest BCUT2D eigenvalue weighted by atomic mass is 19.4. The van der Waals surface area contributed by atoms with Gasteiger partial charge in [-0.15, -0.1) is 0 Å². The maximum absolute atomic E-state index is 13.6. The summed E-state index contributed by atoms with van der Waals surface area (Å²) in [6.07, 6.45) is -1.70. The topological polar surface area (TPSA) is 62.3 Å². The molecular weight excluding hydrogens is 414 g/mol. The minimum atomic E-state index is -4.61. The summed E-state index contributed by atoms with van der Waals surface area (Å²) in [5.41, 5.74) is 0.00679. The molecular formula is C22H23F4N3O2. The number of alkyl halides is 3. The number of nitrogens with zero attached hydrogens (tertiary/aromatic N) is 2. The van der Waals surface area contributed by atoms with Crippen LogP contribution in [-0.4, -0.2) is 28.2 Å². The van der Waals surface area contributed by atoms with Gasteiger partial charge in [0.2, 0.25) is 11.8 Å². The van der Waals surface area contributed by atoms with Crippen LogP contribution >= 0.6 is 0 Å². The van der Waals surface area contributed by atoms with Crippen LogP contribution in [0.4, 0.5) is 17.6 Å². The molecule has 1 saturated heterocycles. The van der Waals surface area contributed by atoms with Gasteiger partial charge in [-0.2, -0.15) is 13.2 Å². The number of pyridine rings is 1. The Morgan fingerprint density at radius 3 is 2.58 bits per heavy atom. The van der Waals surface area contributed by atoms with E-state index in [2.05, 4.69) is 10.3 Å². The summed E-state index contributed by atoms with van der Waals surface area (Å²) in [7, 11) is 0. The van der Waals surface area contributed by atoms with E-state index in [9.17, 15) is 27.2 Å². The third-order valence-corrected chi connectivity index (χ3v) is 5.30. The first kappa shape index (κ1) is 22.7. The van der Waals surface area contributed by atoms with Crippen LogP contribution in [0.3, 0.4) is 0 Å². The van der Waals surface area contributed by atoms with Crippen LogP contribution in [0.15, 0.2) is 36.5 Å². The molecule has 1 aliphatic heterocycles. The van der Waals surface area contributed by atoms with Crippen LogP contribution in [0.25, 0.3) is 0 Å². The van der Waals surface area contributed by atoms with Crippen molar-refractivity contribution in [3.63, 3.8) is 0 Å². The highest BCUT2D eigenvalue weighted by Crippen LogP contribution is 2.37. The predicted molar refractivity (Wildman–Crippen MR) is 105 cm³/mol. The lowest BCUT2D eigenvalue weighted by Crippen LogP contribution is -2.31. The first-order valence-electron chi connectivity index (χ1n) is 9.99. The zero-order valence-corrected chi connectivity index (χ0v) is 17.0. The van der Waals surface area contributed by atoms with Gasteiger partial charge in [-0.25, -0.2) is 4.39 Å². The summed E-state index contributed by atoms with van der Waals surface area (Å²) < 4.78 is 53.8. The predicted octanol–water partition coefficient (Wildman–Crippen LogP) is 4.17. The molecule has 2 aromatic rings. The zero-order valence-electron chi connectivity index (χ0n) is 17.0. The fourth-order valence-corrected chi connectivity index (χ4v) is 3.73. The second-order valence-corrected chi connectivity index (χ2v) is 7.55. The summed E-state index contributed by atoms with van der Waals surface area (Å²) in [5, 5.41) is 2.36. The number of rotatable bonds is 6. The van der Waals surface area contributed by atoms with E-state index in [1.165, 1.54) is 19.1 Å². The van der Waals surface area contributed by atoms with Crippen LogP contribution in [0.1, 0.15) is 54.6 Å². The Bertz CT molecular complexity index is 945. The summed E-state index contributed by atoms with van der Waals surface area (Å²) >= 11 is 0. The maximum atomic E-state index is 13.6. The van der Waals surface area contributed by atoms with Crippen LogP contribution in [-0.2, 0) is 28.7 Å². The van der Waals surface area contributed by atoms with Gasteiger partial charge in [0.1, 0.15) is 5.82 Å². The van der Waals surface area contributed by atoms with Crippen molar-refractivity contribution in [2.75, 3.05) is 6.54 Å². The Kier molecular flexibility index (Phi) is 6.92. The average Bonchev–Trinajstić information content (AvgIpc) is 3.21. The lowest BCUT2D eigenvalue weighted by Gasteiger charge is -2.25. The molecule has 1 aromatic carbocycles. The average molecular weight is 437 g/mol. The summed E-state index contributed by atoms with van der Waals surface area (Å²) in [4.78, 5) is 29.6. The van der Waals surface area contributed by atoms with E-state index in [-0.39, 0.29) is 35.9 Å². The van der Waals surface area contributed by atoms with Crippen molar-refractivity contribution in [1.82, 2.24) is 15.2 Å². The van der Waals surface area contributed by atoms with Gasteiger partial charge in [-0.1, -0.05) is 12.1 Å². The van der Waals surface area contributed by atoms with E-state index in [1.54, 1.807) is 17.0 Å². The van der Waals surface area contributed by atoms with Crippen molar-refractivity contribution in [3.05, 3.63) is 64.7 Å². The SMILES string of the molecule is CC(=O)NCc1cnc([C@@H]2CCCN2C(=O)CCc2ccc(F)cc2)cc1C(F)(F)F. The number of carbonyl (C=O) groups excluding carboxylic acids is 2. The molecule has 0 radical (unpaired) electrons. The number of aryl methyl sites for hydroxylation is 1. The molecule has 1 aromatic heterocycles. The van der Waals surface area contributed by atoms with Crippen LogP contribution in [0.5, 0.6) is 0 Å². The number of carbonyl (C=O) groups is 2. The van der Waals surface area contributed by atoms with E-state index in [0.29, 0.717) is 25.8 Å². The van der Waals surface area contributed by atoms with E-state index in [1.807, 2.05) is 0 Å². The second kappa shape index (κ2) is 9.45. The fourth-order valence-electron chi connectivity index (χ4n) is 3.73. The molecule has 31 heavy (non-hydrogen) atoms. The summed E-state index contributed by atoms with van der Waals surface area (Å²) in [6.45, 7) is 1.40. The first-order chi connectivity index (χ1) is 14.6. The molecule has 1 aliphatic rings. The van der Waals surface area contributed by atoms with Crippen LogP contribution < -0.4 is 5.32 Å². The number of hydrogen-bond donors (Lipinski definition) is 1. The van der Waals surface area contributed by atoms with Crippen molar-refractivity contribution in [2.24, 2.45) is 0 Å². The minimum absolute atomic E-state index is 0.126. The normalized spacial score (nSPS) is 16.4. The number of hydrogen-bond acceptors (Lipinski definition) is 3. The summed E-state index contributed by atoms with van der Waals surface area (Å²) in [6, 6.07) is 6.31. The number of benzene rings is 1. The lowest BCUT2D eigenvalue weighted by atomic mass is 10.0. The molecule has 0 bridgehead atoms. The Hall–Kier alpha value is -2.97. The van der Waals surface area contributed by atoms with Gasteiger partial charge in [-0.05, 0) is 43.0 Å². The third kappa shape index (κ3) is 5.80. The molecule has 0 saturated carbocycles. The fraction of sp³-hybridized carbons (Fsp3) is 0.409. The van der Waals surface area contributed by atoms with Crippen molar-refractivity contribution < 1.29 is 27.2 Å². The zero-order chi connectivity index (χ0) is 22.6. The van der Waals surface area contributed by atoms with Crippen LogP contribution in [0, 0.1) is 5.82 Å². The molecule has 0 unspecified atom stereocenters. The molecule has 0 spiro atoms. The molecule has 1 fully saturated rings. The Labute approximate surface area is 177 Å². The largest absolute Gasteiger partial charge is 0.416 e. The highest BCUT2D eigenvalue weighted by molar-refractivity contribution is 5.77. The van der Waals surface area contributed by atoms with Gasteiger partial charge < -0.3 is 10.2 Å². The Balaban J connectivity index is 1.76. The lowest BCUT2D eigenvalue weighted by molar-refractivity contribution is -0.138. The summed E-state index contributed by atoms with van der Waals surface area (Å²) in [5.74, 6) is -0.974. The molecule has 9 heteroatoms. The van der Waals surface area contributed by atoms with Crippen molar-refractivity contribution in [3.8, 4) is 0 Å². The smallest absolute Gasteiger partial charge is 0.352 e. The first-order valence-corrected chi connectivity index (χ1v) is 9.99. The van der Waals surface area contributed by atoms with E-state index < -0.39 is 23.7 Å². The maximum Gasteiger partial charge on any atom is 0.416 e.